The predicted molar refractivity (Wildman–Crippen MR) is 127 cm³/mol. The molecule has 1 saturated heterocycles. The summed E-state index contributed by atoms with van der Waals surface area (Å²) in [4.78, 5) is 42.8. The van der Waals surface area contributed by atoms with E-state index in [-0.39, 0.29) is 12.1 Å². The summed E-state index contributed by atoms with van der Waals surface area (Å²) in [6.07, 6.45) is -6.44. The van der Waals surface area contributed by atoms with E-state index in [0.717, 1.165) is 4.90 Å². The van der Waals surface area contributed by atoms with E-state index >= 15 is 4.39 Å². The van der Waals surface area contributed by atoms with Crippen LogP contribution in [0.2, 0.25) is 0 Å². The molecule has 0 unspecified atom stereocenters. The Morgan fingerprint density at radius 3 is 2.25 bits per heavy atom. The summed E-state index contributed by atoms with van der Waals surface area (Å²) < 4.78 is 99.5. The van der Waals surface area contributed by atoms with Crippen LogP contribution in [0.4, 0.5) is 36.6 Å². The number of rotatable bonds is 6. The standard InChI is InChI=1S/C25H21F7N4O4/c1-10(2)3-19(25(30,31)32)33-24(40)13-7-36(20-14(27)4-11(26)5-15(20)28)22-12(21(13)39)6-16(29)23(34-22)35-8-17(37)18(38)9-35/h4-7,10,17,19,37H,3,8-9H2,1-2H3,(H,33,40)/t17-,19+/m1/s1. The van der Waals surface area contributed by atoms with Crippen LogP contribution in [0.3, 0.4) is 0 Å². The summed E-state index contributed by atoms with van der Waals surface area (Å²) in [6, 6.07) is -1.31. The van der Waals surface area contributed by atoms with Gasteiger partial charge in [0.1, 0.15) is 29.2 Å². The van der Waals surface area contributed by atoms with Crippen LogP contribution in [-0.2, 0) is 4.79 Å². The number of Topliss-reactive ketones (excluding diaryl/α,β-unsaturated/α-hetero) is 1. The van der Waals surface area contributed by atoms with Gasteiger partial charge in [-0.15, -0.1) is 0 Å². The van der Waals surface area contributed by atoms with Gasteiger partial charge in [0.25, 0.3) is 5.91 Å². The average Bonchev–Trinajstić information content (AvgIpc) is 3.16. The van der Waals surface area contributed by atoms with Gasteiger partial charge in [-0.1, -0.05) is 13.8 Å². The lowest BCUT2D eigenvalue weighted by atomic mass is 10.0. The molecule has 1 aliphatic heterocycles. The van der Waals surface area contributed by atoms with E-state index in [1.807, 2.05) is 0 Å². The number of hydrogen-bond donors (Lipinski definition) is 2. The minimum Gasteiger partial charge on any atom is -0.383 e. The van der Waals surface area contributed by atoms with Gasteiger partial charge in [0, 0.05) is 18.3 Å². The van der Waals surface area contributed by atoms with Gasteiger partial charge >= 0.3 is 6.18 Å². The number of nitrogens with one attached hydrogen (secondary N) is 1. The van der Waals surface area contributed by atoms with Gasteiger partial charge in [-0.25, -0.2) is 22.5 Å². The number of carbonyl (C=O) groups is 2. The number of aliphatic hydroxyl groups is 1. The van der Waals surface area contributed by atoms with Crippen molar-refractivity contribution in [2.45, 2.75) is 38.6 Å². The second kappa shape index (κ2) is 10.5. The van der Waals surface area contributed by atoms with Gasteiger partial charge in [-0.05, 0) is 18.4 Å². The van der Waals surface area contributed by atoms with Crippen molar-refractivity contribution >= 4 is 28.5 Å². The highest BCUT2D eigenvalue weighted by Gasteiger charge is 2.41. The summed E-state index contributed by atoms with van der Waals surface area (Å²) in [5, 5.41) is 10.7. The number of amides is 1. The van der Waals surface area contributed by atoms with Crippen molar-refractivity contribution in [3.05, 3.63) is 63.5 Å². The third-order valence-corrected chi connectivity index (χ3v) is 6.20. The van der Waals surface area contributed by atoms with E-state index in [9.17, 15) is 45.8 Å². The number of hydrogen-bond acceptors (Lipinski definition) is 6. The maximum absolute atomic E-state index is 15.1. The fourth-order valence-electron chi connectivity index (χ4n) is 4.34. The number of benzene rings is 1. The fourth-order valence-corrected chi connectivity index (χ4v) is 4.34. The van der Waals surface area contributed by atoms with E-state index in [1.54, 1.807) is 5.32 Å². The number of ketones is 1. The van der Waals surface area contributed by atoms with Gasteiger partial charge in [-0.3, -0.25) is 19.0 Å². The molecule has 2 atom stereocenters. The lowest BCUT2D eigenvalue weighted by Gasteiger charge is -2.23. The molecule has 1 amide bonds. The molecule has 2 aromatic heterocycles. The van der Waals surface area contributed by atoms with Gasteiger partial charge in [0.2, 0.25) is 5.43 Å². The lowest BCUT2D eigenvalue weighted by molar-refractivity contribution is -0.156. The minimum absolute atomic E-state index is 0.268. The van der Waals surface area contributed by atoms with Crippen LogP contribution in [0.25, 0.3) is 16.7 Å². The number of halogens is 7. The van der Waals surface area contributed by atoms with Gasteiger partial charge in [-0.2, -0.15) is 13.2 Å². The van der Waals surface area contributed by atoms with Crippen LogP contribution >= 0.6 is 0 Å². The lowest BCUT2D eigenvalue weighted by Crippen LogP contribution is -2.47. The van der Waals surface area contributed by atoms with Crippen molar-refractivity contribution in [2.75, 3.05) is 18.0 Å². The number of anilines is 1. The number of fused-ring (bicyclic) bond motifs is 1. The van der Waals surface area contributed by atoms with Crippen LogP contribution in [0.5, 0.6) is 0 Å². The first-order valence-electron chi connectivity index (χ1n) is 11.8. The third-order valence-electron chi connectivity index (χ3n) is 6.20. The number of alkyl halides is 3. The van der Waals surface area contributed by atoms with E-state index < -0.39 is 112 Å². The van der Waals surface area contributed by atoms with Crippen molar-refractivity contribution < 1.29 is 45.4 Å². The Morgan fingerprint density at radius 1 is 1.10 bits per heavy atom. The van der Waals surface area contributed by atoms with E-state index in [4.69, 9.17) is 0 Å². The fraction of sp³-hybridized carbons (Fsp3) is 0.360. The van der Waals surface area contributed by atoms with Crippen LogP contribution in [0, 0.1) is 29.2 Å². The van der Waals surface area contributed by atoms with Gasteiger partial charge in [0.15, 0.2) is 34.7 Å². The second-order valence-electron chi connectivity index (χ2n) is 9.68. The molecule has 40 heavy (non-hydrogen) atoms. The number of β-amino-alcohol motifs (C(OH)–C–C–N with tert-alkyl or cyclic N) is 1. The molecule has 3 aromatic rings. The molecule has 0 spiro atoms. The van der Waals surface area contributed by atoms with E-state index in [2.05, 4.69) is 4.98 Å². The summed E-state index contributed by atoms with van der Waals surface area (Å²) in [6.45, 7) is 2.04. The van der Waals surface area contributed by atoms with Crippen LogP contribution in [-0.4, -0.2) is 57.8 Å². The molecule has 1 aromatic carbocycles. The van der Waals surface area contributed by atoms with E-state index in [0.29, 0.717) is 16.8 Å². The van der Waals surface area contributed by atoms with Gasteiger partial charge in [0.05, 0.1) is 18.5 Å². The van der Waals surface area contributed by atoms with Crippen molar-refractivity contribution in [3.8, 4) is 5.69 Å². The Kier molecular flexibility index (Phi) is 7.62. The number of aliphatic hydroxyl groups excluding tert-OH is 1. The number of pyridine rings is 2. The van der Waals surface area contributed by atoms with Crippen LogP contribution in [0.1, 0.15) is 30.6 Å². The molecule has 3 heterocycles. The molecular formula is C25H21F7N4O4. The first-order chi connectivity index (χ1) is 18.6. The third kappa shape index (κ3) is 5.50. The zero-order valence-electron chi connectivity index (χ0n) is 20.8. The molecule has 0 bridgehead atoms. The van der Waals surface area contributed by atoms with Crippen molar-refractivity contribution in [3.63, 3.8) is 0 Å². The van der Waals surface area contributed by atoms with Crippen LogP contribution in [0.15, 0.2) is 29.2 Å². The number of carbonyl (C=O) groups excluding carboxylic acids is 2. The summed E-state index contributed by atoms with van der Waals surface area (Å²) in [7, 11) is 0. The molecule has 2 N–H and O–H groups in total. The quantitative estimate of drug-likeness (QED) is 0.438. The minimum atomic E-state index is -4.91. The second-order valence-corrected chi connectivity index (χ2v) is 9.68. The Hall–Kier alpha value is -4.01. The molecule has 4 rings (SSSR count). The van der Waals surface area contributed by atoms with Gasteiger partial charge < -0.3 is 15.3 Å². The Balaban J connectivity index is 1.97. The molecule has 1 aliphatic rings. The first kappa shape index (κ1) is 29.0. The molecule has 8 nitrogen and oxygen atoms in total. The Bertz CT molecular complexity index is 1550. The summed E-state index contributed by atoms with van der Waals surface area (Å²) in [5.74, 6) is -9.01. The molecule has 0 aliphatic carbocycles. The van der Waals surface area contributed by atoms with Crippen LogP contribution < -0.4 is 15.6 Å². The maximum Gasteiger partial charge on any atom is 0.408 e. The summed E-state index contributed by atoms with van der Waals surface area (Å²) >= 11 is 0. The zero-order valence-corrected chi connectivity index (χ0v) is 20.8. The Morgan fingerprint density at radius 2 is 1.73 bits per heavy atom. The van der Waals surface area contributed by atoms with E-state index in [1.165, 1.54) is 13.8 Å². The molecule has 214 valence electrons. The molecule has 15 heteroatoms. The monoisotopic (exact) mass is 574 g/mol. The topological polar surface area (TPSA) is 105 Å². The van der Waals surface area contributed by atoms with Crippen molar-refractivity contribution in [1.82, 2.24) is 14.9 Å². The number of nitrogens with zero attached hydrogens (tertiary/aromatic N) is 3. The molecule has 0 radical (unpaired) electrons. The Labute approximate surface area is 221 Å². The highest BCUT2D eigenvalue weighted by atomic mass is 19.4. The highest BCUT2D eigenvalue weighted by molar-refractivity contribution is 5.98. The smallest absolute Gasteiger partial charge is 0.383 e. The normalized spacial score (nSPS) is 16.7. The molecule has 1 fully saturated rings. The average molecular weight is 574 g/mol. The number of aromatic nitrogens is 2. The maximum atomic E-state index is 15.1. The summed E-state index contributed by atoms with van der Waals surface area (Å²) in [5.41, 5.74) is -4.08. The molecule has 0 saturated carbocycles. The van der Waals surface area contributed by atoms with Crippen molar-refractivity contribution in [2.24, 2.45) is 5.92 Å². The predicted octanol–water partition coefficient (Wildman–Crippen LogP) is 3.40. The SMILES string of the molecule is CC(C)C[C@H](NC(=O)c1cn(-c2c(F)cc(F)cc2F)c2nc(N3CC(=O)[C@H](O)C3)c(F)cc2c1=O)C(F)(F)F. The zero-order chi connectivity index (χ0) is 29.7. The molecular weight excluding hydrogens is 553 g/mol. The van der Waals surface area contributed by atoms with Crippen molar-refractivity contribution in [1.29, 1.82) is 0 Å². The largest absolute Gasteiger partial charge is 0.408 e. The highest BCUT2D eigenvalue weighted by Crippen LogP contribution is 2.29. The first-order valence-corrected chi connectivity index (χ1v) is 11.8.